The largest absolute Gasteiger partial charge is 0.358 e. The van der Waals surface area contributed by atoms with Crippen molar-refractivity contribution in [3.63, 3.8) is 0 Å². The van der Waals surface area contributed by atoms with Crippen LogP contribution >= 0.6 is 0 Å². The van der Waals surface area contributed by atoms with Crippen molar-refractivity contribution < 1.29 is 8.78 Å². The van der Waals surface area contributed by atoms with Gasteiger partial charge in [0.15, 0.2) is 11.6 Å². The van der Waals surface area contributed by atoms with E-state index in [1.807, 2.05) is 6.92 Å². The Balaban J connectivity index is 2.15. The molecule has 0 fully saturated rings. The van der Waals surface area contributed by atoms with Crippen molar-refractivity contribution in [3.05, 3.63) is 69.9 Å². The summed E-state index contributed by atoms with van der Waals surface area (Å²) in [6, 6.07) is 9.69. The molecule has 1 aromatic heterocycles. The summed E-state index contributed by atoms with van der Waals surface area (Å²) in [5.74, 6) is -1.70. The van der Waals surface area contributed by atoms with Crippen LogP contribution in [0.1, 0.15) is 60.6 Å². The smallest absolute Gasteiger partial charge is 0.162 e. The SMILES string of the molecule is CCCCc1c(C(C)c2ccc(C)c(F)c2F)[nH]c2ccc(C)cc12. The molecule has 132 valence electrons. The molecule has 1 N–H and O–H groups in total. The molecule has 25 heavy (non-hydrogen) atoms. The Kier molecular flexibility index (Phi) is 4.94. The van der Waals surface area contributed by atoms with E-state index in [1.54, 1.807) is 19.1 Å². The number of aryl methyl sites for hydroxylation is 3. The van der Waals surface area contributed by atoms with Gasteiger partial charge in [-0.05, 0) is 55.5 Å². The highest BCUT2D eigenvalue weighted by molar-refractivity contribution is 5.85. The van der Waals surface area contributed by atoms with E-state index in [4.69, 9.17) is 0 Å². The second-order valence-electron chi connectivity index (χ2n) is 6.99. The number of nitrogens with one attached hydrogen (secondary N) is 1. The van der Waals surface area contributed by atoms with Crippen LogP contribution in [0.4, 0.5) is 8.78 Å². The highest BCUT2D eigenvalue weighted by atomic mass is 19.2. The van der Waals surface area contributed by atoms with E-state index in [1.165, 1.54) is 16.5 Å². The number of benzene rings is 2. The number of aromatic nitrogens is 1. The molecule has 3 heteroatoms. The lowest BCUT2D eigenvalue weighted by Gasteiger charge is -2.15. The number of H-pyrrole nitrogens is 1. The van der Waals surface area contributed by atoms with E-state index in [9.17, 15) is 8.78 Å². The second kappa shape index (κ2) is 6.99. The molecule has 1 heterocycles. The van der Waals surface area contributed by atoms with Gasteiger partial charge in [0.05, 0.1) is 0 Å². The van der Waals surface area contributed by atoms with E-state index >= 15 is 0 Å². The van der Waals surface area contributed by atoms with E-state index in [0.29, 0.717) is 11.1 Å². The first-order valence-electron chi connectivity index (χ1n) is 8.99. The topological polar surface area (TPSA) is 15.8 Å². The Morgan fingerprint density at radius 2 is 1.80 bits per heavy atom. The number of hydrogen-bond donors (Lipinski definition) is 1. The monoisotopic (exact) mass is 341 g/mol. The highest BCUT2D eigenvalue weighted by Gasteiger charge is 2.22. The number of aromatic amines is 1. The van der Waals surface area contributed by atoms with Crippen LogP contribution in [0, 0.1) is 25.5 Å². The lowest BCUT2D eigenvalue weighted by atomic mass is 9.91. The van der Waals surface area contributed by atoms with Crippen LogP contribution in [0.3, 0.4) is 0 Å². The maximum Gasteiger partial charge on any atom is 0.162 e. The van der Waals surface area contributed by atoms with E-state index in [0.717, 1.165) is 30.5 Å². The van der Waals surface area contributed by atoms with Crippen LogP contribution < -0.4 is 0 Å². The first-order valence-corrected chi connectivity index (χ1v) is 8.99. The Labute approximate surface area is 148 Å². The van der Waals surface area contributed by atoms with Gasteiger partial charge in [-0.3, -0.25) is 0 Å². The number of rotatable bonds is 5. The van der Waals surface area contributed by atoms with Crippen molar-refractivity contribution in [1.29, 1.82) is 0 Å². The lowest BCUT2D eigenvalue weighted by Crippen LogP contribution is -2.05. The fraction of sp³-hybridized carbons (Fsp3) is 0.364. The molecule has 0 spiro atoms. The van der Waals surface area contributed by atoms with Crippen LogP contribution in [-0.4, -0.2) is 4.98 Å². The van der Waals surface area contributed by atoms with Gasteiger partial charge in [-0.25, -0.2) is 8.78 Å². The average Bonchev–Trinajstić information content (AvgIpc) is 2.95. The summed E-state index contributed by atoms with van der Waals surface area (Å²) in [6.07, 6.45) is 3.11. The minimum absolute atomic E-state index is 0.227. The predicted octanol–water partition coefficient (Wildman–Crippen LogP) is 6.56. The number of halogens is 2. The van der Waals surface area contributed by atoms with Gasteiger partial charge < -0.3 is 4.98 Å². The second-order valence-corrected chi connectivity index (χ2v) is 6.99. The molecule has 0 saturated carbocycles. The quantitative estimate of drug-likeness (QED) is 0.541. The van der Waals surface area contributed by atoms with E-state index in [-0.39, 0.29) is 5.92 Å². The maximum atomic E-state index is 14.5. The van der Waals surface area contributed by atoms with Gasteiger partial charge in [0.25, 0.3) is 0 Å². The van der Waals surface area contributed by atoms with E-state index in [2.05, 4.69) is 37.0 Å². The summed E-state index contributed by atoms with van der Waals surface area (Å²) < 4.78 is 28.6. The Morgan fingerprint density at radius 1 is 1.04 bits per heavy atom. The number of hydrogen-bond acceptors (Lipinski definition) is 0. The highest BCUT2D eigenvalue weighted by Crippen LogP contribution is 2.35. The molecule has 0 aliphatic heterocycles. The molecule has 0 bridgehead atoms. The Hall–Kier alpha value is -2.16. The molecular weight excluding hydrogens is 316 g/mol. The minimum Gasteiger partial charge on any atom is -0.358 e. The summed E-state index contributed by atoms with van der Waals surface area (Å²) >= 11 is 0. The van der Waals surface area contributed by atoms with E-state index < -0.39 is 11.6 Å². The molecular formula is C22H25F2N. The minimum atomic E-state index is -0.744. The van der Waals surface area contributed by atoms with Crippen molar-refractivity contribution in [2.45, 2.75) is 52.9 Å². The molecule has 1 atom stereocenters. The molecule has 0 radical (unpaired) electrons. The Bertz CT molecular complexity index is 908. The molecule has 0 saturated heterocycles. The third-order valence-corrected chi connectivity index (χ3v) is 5.08. The summed E-state index contributed by atoms with van der Waals surface area (Å²) in [7, 11) is 0. The number of unbranched alkanes of at least 4 members (excludes halogenated alkanes) is 1. The van der Waals surface area contributed by atoms with Crippen LogP contribution in [0.5, 0.6) is 0 Å². The molecule has 0 aliphatic carbocycles. The van der Waals surface area contributed by atoms with Gasteiger partial charge in [0, 0.05) is 22.5 Å². The number of fused-ring (bicyclic) bond motifs is 1. The molecule has 2 aromatic carbocycles. The Morgan fingerprint density at radius 3 is 2.52 bits per heavy atom. The third-order valence-electron chi connectivity index (χ3n) is 5.08. The van der Waals surface area contributed by atoms with Gasteiger partial charge in [0.1, 0.15) is 0 Å². The summed E-state index contributed by atoms with van der Waals surface area (Å²) in [5.41, 5.74) is 5.24. The lowest BCUT2D eigenvalue weighted by molar-refractivity contribution is 0.490. The van der Waals surface area contributed by atoms with Crippen LogP contribution in [0.15, 0.2) is 30.3 Å². The van der Waals surface area contributed by atoms with Crippen molar-refractivity contribution in [2.75, 3.05) is 0 Å². The van der Waals surface area contributed by atoms with Crippen molar-refractivity contribution >= 4 is 10.9 Å². The average molecular weight is 341 g/mol. The molecule has 0 amide bonds. The third kappa shape index (κ3) is 3.20. The van der Waals surface area contributed by atoms with Gasteiger partial charge in [-0.15, -0.1) is 0 Å². The summed E-state index contributed by atoms with van der Waals surface area (Å²) in [4.78, 5) is 3.47. The standard InChI is InChI=1S/C22H25F2N/c1-5-6-7-17-18-12-13(2)8-11-19(18)25-22(17)15(4)16-10-9-14(3)20(23)21(16)24/h8-12,15,25H,5-7H2,1-4H3. The first-order chi connectivity index (χ1) is 11.9. The molecule has 1 nitrogen and oxygen atoms in total. The fourth-order valence-corrected chi connectivity index (χ4v) is 3.53. The maximum absolute atomic E-state index is 14.5. The normalized spacial score (nSPS) is 12.7. The van der Waals surface area contributed by atoms with Gasteiger partial charge in [-0.1, -0.05) is 44.0 Å². The van der Waals surface area contributed by atoms with Crippen LogP contribution in [0.25, 0.3) is 10.9 Å². The fourth-order valence-electron chi connectivity index (χ4n) is 3.53. The van der Waals surface area contributed by atoms with Crippen LogP contribution in [0.2, 0.25) is 0 Å². The van der Waals surface area contributed by atoms with Gasteiger partial charge >= 0.3 is 0 Å². The zero-order valence-corrected chi connectivity index (χ0v) is 15.3. The van der Waals surface area contributed by atoms with Gasteiger partial charge in [-0.2, -0.15) is 0 Å². The molecule has 3 rings (SSSR count). The van der Waals surface area contributed by atoms with Crippen LogP contribution in [-0.2, 0) is 6.42 Å². The molecule has 3 aromatic rings. The first kappa shape index (κ1) is 17.7. The van der Waals surface area contributed by atoms with Gasteiger partial charge in [0.2, 0.25) is 0 Å². The summed E-state index contributed by atoms with van der Waals surface area (Å²) in [6.45, 7) is 7.78. The predicted molar refractivity (Wildman–Crippen MR) is 100 cm³/mol. The molecule has 1 unspecified atom stereocenters. The van der Waals surface area contributed by atoms with Crippen molar-refractivity contribution in [1.82, 2.24) is 4.98 Å². The zero-order valence-electron chi connectivity index (χ0n) is 15.3. The van der Waals surface area contributed by atoms with Crippen molar-refractivity contribution in [3.8, 4) is 0 Å². The summed E-state index contributed by atoms with van der Waals surface area (Å²) in [5, 5.41) is 1.20. The zero-order chi connectivity index (χ0) is 18.1. The molecule has 0 aliphatic rings. The van der Waals surface area contributed by atoms with Crippen molar-refractivity contribution in [2.24, 2.45) is 0 Å².